The first-order valence-corrected chi connectivity index (χ1v) is 12.2. The highest BCUT2D eigenvalue weighted by molar-refractivity contribution is 5.80. The molecule has 0 unspecified atom stereocenters. The van der Waals surface area contributed by atoms with Gasteiger partial charge in [0.1, 0.15) is 11.3 Å². The lowest BCUT2D eigenvalue weighted by atomic mass is 10.0. The minimum atomic E-state index is -0.358. The fourth-order valence-electron chi connectivity index (χ4n) is 3.75. The number of aryl methyl sites for hydroxylation is 1. The Kier molecular flexibility index (Phi) is 9.68. The van der Waals surface area contributed by atoms with Gasteiger partial charge in [0.2, 0.25) is 0 Å². The Morgan fingerprint density at radius 2 is 1.68 bits per heavy atom. The first-order chi connectivity index (χ1) is 16.5. The van der Waals surface area contributed by atoms with Gasteiger partial charge >= 0.3 is 11.6 Å². The van der Waals surface area contributed by atoms with Crippen molar-refractivity contribution in [1.29, 1.82) is 0 Å². The Balaban J connectivity index is 1.36. The molecule has 2 heterocycles. The maximum Gasteiger partial charge on any atom is 0.344 e. The molecule has 0 aliphatic heterocycles. The quantitative estimate of drug-likeness (QED) is 0.213. The van der Waals surface area contributed by atoms with Crippen LogP contribution in [-0.2, 0) is 9.53 Å². The van der Waals surface area contributed by atoms with Gasteiger partial charge in [-0.05, 0) is 55.2 Å². The Morgan fingerprint density at radius 3 is 2.38 bits per heavy atom. The molecule has 182 valence electrons. The van der Waals surface area contributed by atoms with Crippen LogP contribution in [-0.4, -0.2) is 24.2 Å². The molecule has 3 aromatic rings. The molecule has 0 aliphatic carbocycles. The number of hydrogen-bond acceptors (Lipinski definition) is 6. The smallest absolute Gasteiger partial charge is 0.344 e. The van der Waals surface area contributed by atoms with E-state index in [1.54, 1.807) is 18.5 Å². The predicted octanol–water partition coefficient (Wildman–Crippen LogP) is 6.47. The van der Waals surface area contributed by atoms with Gasteiger partial charge in [-0.3, -0.25) is 9.78 Å². The number of rotatable bonds is 13. The van der Waals surface area contributed by atoms with Gasteiger partial charge in [-0.1, -0.05) is 52.0 Å². The lowest BCUT2D eigenvalue weighted by Crippen LogP contribution is -2.12. The highest BCUT2D eigenvalue weighted by Crippen LogP contribution is 2.26. The van der Waals surface area contributed by atoms with Gasteiger partial charge in [0.15, 0.2) is 0 Å². The van der Waals surface area contributed by atoms with Crippen LogP contribution in [0.25, 0.3) is 22.1 Å². The molecule has 0 saturated heterocycles. The number of nitrogens with zero attached hydrogens (tertiary/aromatic N) is 1. The van der Waals surface area contributed by atoms with E-state index < -0.39 is 0 Å². The zero-order chi connectivity index (χ0) is 24.3. The SMILES string of the molecule is Cc1cc(-c2cc3cnccc3oc2=O)ccc1OCCCCCCCCCOC(=O)C(C)C. The monoisotopic (exact) mass is 465 g/mol. The van der Waals surface area contributed by atoms with Crippen LogP contribution in [0.1, 0.15) is 64.4 Å². The van der Waals surface area contributed by atoms with Crippen molar-refractivity contribution < 1.29 is 18.7 Å². The molecule has 0 radical (unpaired) electrons. The van der Waals surface area contributed by atoms with Crippen LogP contribution >= 0.6 is 0 Å². The fourth-order valence-corrected chi connectivity index (χ4v) is 3.75. The van der Waals surface area contributed by atoms with Gasteiger partial charge in [-0.2, -0.15) is 0 Å². The normalized spacial score (nSPS) is 11.2. The number of benzene rings is 1. The van der Waals surface area contributed by atoms with E-state index in [1.807, 2.05) is 45.0 Å². The first-order valence-electron chi connectivity index (χ1n) is 12.2. The summed E-state index contributed by atoms with van der Waals surface area (Å²) < 4.78 is 16.6. The molecule has 0 saturated carbocycles. The lowest BCUT2D eigenvalue weighted by molar-refractivity contribution is -0.147. The number of carbonyl (C=O) groups excluding carboxylic acids is 1. The van der Waals surface area contributed by atoms with E-state index in [0.29, 0.717) is 24.4 Å². The molecule has 6 nitrogen and oxygen atoms in total. The van der Waals surface area contributed by atoms with Gasteiger partial charge in [-0.25, -0.2) is 4.79 Å². The third-order valence-corrected chi connectivity index (χ3v) is 5.78. The summed E-state index contributed by atoms with van der Waals surface area (Å²) in [7, 11) is 0. The van der Waals surface area contributed by atoms with Crippen LogP contribution in [0.15, 0.2) is 51.9 Å². The number of hydrogen-bond donors (Lipinski definition) is 0. The fraction of sp³-hybridized carbons (Fsp3) is 0.464. The van der Waals surface area contributed by atoms with Crippen molar-refractivity contribution in [2.24, 2.45) is 5.92 Å². The molecule has 0 spiro atoms. The van der Waals surface area contributed by atoms with E-state index in [-0.39, 0.29) is 17.5 Å². The zero-order valence-corrected chi connectivity index (χ0v) is 20.5. The molecule has 6 heteroatoms. The molecule has 0 atom stereocenters. The maximum absolute atomic E-state index is 12.4. The Hall–Kier alpha value is -3.15. The Bertz CT molecular complexity index is 1140. The molecule has 0 amide bonds. The van der Waals surface area contributed by atoms with Crippen molar-refractivity contribution in [3.05, 3.63) is 58.7 Å². The molecule has 0 fully saturated rings. The first kappa shape index (κ1) is 25.5. The van der Waals surface area contributed by atoms with Crippen molar-refractivity contribution in [2.75, 3.05) is 13.2 Å². The van der Waals surface area contributed by atoms with E-state index in [2.05, 4.69) is 4.98 Å². The molecule has 0 bridgehead atoms. The van der Waals surface area contributed by atoms with Gasteiger partial charge in [-0.15, -0.1) is 0 Å². The number of carbonyl (C=O) groups is 1. The summed E-state index contributed by atoms with van der Waals surface area (Å²) in [5, 5.41) is 0.796. The van der Waals surface area contributed by atoms with Crippen molar-refractivity contribution >= 4 is 16.9 Å². The zero-order valence-electron chi connectivity index (χ0n) is 20.5. The van der Waals surface area contributed by atoms with Gasteiger partial charge in [0.05, 0.1) is 24.7 Å². The highest BCUT2D eigenvalue weighted by Gasteiger charge is 2.10. The molecule has 0 N–H and O–H groups in total. The highest BCUT2D eigenvalue weighted by atomic mass is 16.5. The van der Waals surface area contributed by atoms with Crippen molar-refractivity contribution in [2.45, 2.75) is 65.7 Å². The largest absolute Gasteiger partial charge is 0.493 e. The molecule has 0 aliphatic rings. The molecule has 1 aromatic carbocycles. The third-order valence-electron chi connectivity index (χ3n) is 5.78. The van der Waals surface area contributed by atoms with Crippen molar-refractivity contribution in [3.8, 4) is 16.9 Å². The standard InChI is InChI=1S/C28H35NO5/c1-20(2)27(30)33-16-10-8-6-4-5-7-9-15-32-25-12-11-22(17-21(25)3)24-18-23-19-29-14-13-26(23)34-28(24)31/h11-14,17-20H,4-10,15-16H2,1-3H3. The number of ether oxygens (including phenoxy) is 2. The van der Waals surface area contributed by atoms with Crippen LogP contribution < -0.4 is 10.4 Å². The molecule has 2 aromatic heterocycles. The molecular formula is C28H35NO5. The second-order valence-electron chi connectivity index (χ2n) is 8.99. The summed E-state index contributed by atoms with van der Waals surface area (Å²) >= 11 is 0. The summed E-state index contributed by atoms with van der Waals surface area (Å²) in [5.74, 6) is 0.682. The summed E-state index contributed by atoms with van der Waals surface area (Å²) in [6, 6.07) is 9.29. The van der Waals surface area contributed by atoms with E-state index in [4.69, 9.17) is 13.9 Å². The number of unbranched alkanes of at least 4 members (excludes halogenated alkanes) is 6. The number of fused-ring (bicyclic) bond motifs is 1. The van der Waals surface area contributed by atoms with Gasteiger partial charge < -0.3 is 13.9 Å². The number of aromatic nitrogens is 1. The van der Waals surface area contributed by atoms with Gasteiger partial charge in [0.25, 0.3) is 0 Å². The number of pyridine rings is 1. The summed E-state index contributed by atoms with van der Waals surface area (Å²) in [5.41, 5.74) is 2.49. The molecule has 3 rings (SSSR count). The average molecular weight is 466 g/mol. The van der Waals surface area contributed by atoms with E-state index >= 15 is 0 Å². The topological polar surface area (TPSA) is 78.6 Å². The van der Waals surface area contributed by atoms with E-state index in [1.165, 1.54) is 19.3 Å². The van der Waals surface area contributed by atoms with Gasteiger partial charge in [0, 0.05) is 17.8 Å². The van der Waals surface area contributed by atoms with E-state index in [0.717, 1.165) is 47.9 Å². The van der Waals surface area contributed by atoms with Crippen LogP contribution in [0, 0.1) is 12.8 Å². The third kappa shape index (κ3) is 7.44. The second-order valence-corrected chi connectivity index (χ2v) is 8.99. The van der Waals surface area contributed by atoms with E-state index in [9.17, 15) is 9.59 Å². The Morgan fingerprint density at radius 1 is 0.971 bits per heavy atom. The van der Waals surface area contributed by atoms with Crippen molar-refractivity contribution in [3.63, 3.8) is 0 Å². The maximum atomic E-state index is 12.4. The van der Waals surface area contributed by atoms with Crippen LogP contribution in [0.4, 0.5) is 0 Å². The summed E-state index contributed by atoms with van der Waals surface area (Å²) in [6.07, 6.45) is 11.0. The minimum absolute atomic E-state index is 0.0482. The minimum Gasteiger partial charge on any atom is -0.493 e. The predicted molar refractivity (Wildman–Crippen MR) is 134 cm³/mol. The molecule has 34 heavy (non-hydrogen) atoms. The van der Waals surface area contributed by atoms with Crippen molar-refractivity contribution in [1.82, 2.24) is 4.98 Å². The lowest BCUT2D eigenvalue weighted by Gasteiger charge is -2.11. The van der Waals surface area contributed by atoms with Crippen LogP contribution in [0.3, 0.4) is 0 Å². The second kappa shape index (κ2) is 12.9. The van der Waals surface area contributed by atoms with Crippen LogP contribution in [0.5, 0.6) is 5.75 Å². The van der Waals surface area contributed by atoms with Crippen LogP contribution in [0.2, 0.25) is 0 Å². The Labute approximate surface area is 201 Å². The average Bonchev–Trinajstić information content (AvgIpc) is 2.82. The number of esters is 1. The summed E-state index contributed by atoms with van der Waals surface area (Å²) in [6.45, 7) is 6.90. The summed E-state index contributed by atoms with van der Waals surface area (Å²) in [4.78, 5) is 27.9. The molecular weight excluding hydrogens is 430 g/mol.